The third kappa shape index (κ3) is 12.7. The molecular formula is C38H44F2O6. The molecule has 0 aliphatic rings. The van der Waals surface area contributed by atoms with E-state index in [-0.39, 0.29) is 38.1 Å². The van der Waals surface area contributed by atoms with Crippen molar-refractivity contribution in [3.8, 4) is 0 Å². The van der Waals surface area contributed by atoms with Crippen molar-refractivity contribution in [3.05, 3.63) is 143 Å². The zero-order chi connectivity index (χ0) is 32.4. The van der Waals surface area contributed by atoms with Crippen LogP contribution in [-0.2, 0) is 45.0 Å². The van der Waals surface area contributed by atoms with Crippen LogP contribution in [0.25, 0.3) is 0 Å². The molecule has 246 valence electrons. The maximum absolute atomic E-state index is 13.4. The van der Waals surface area contributed by atoms with Crippen LogP contribution in [0.4, 0.5) is 8.78 Å². The Balaban J connectivity index is 1.36. The second-order valence-corrected chi connectivity index (χ2v) is 11.3. The lowest BCUT2D eigenvalue weighted by Gasteiger charge is -2.32. The molecule has 0 saturated carbocycles. The molecule has 4 aromatic carbocycles. The van der Waals surface area contributed by atoms with Crippen molar-refractivity contribution < 1.29 is 37.9 Å². The summed E-state index contributed by atoms with van der Waals surface area (Å²) in [6.45, 7) is 1.08. The van der Waals surface area contributed by atoms with Crippen LogP contribution in [0.3, 0.4) is 0 Å². The third-order valence-corrected chi connectivity index (χ3v) is 7.62. The topological polar surface area (TPSA) is 77.4 Å². The smallest absolute Gasteiger partial charge is 0.123 e. The van der Waals surface area contributed by atoms with E-state index in [1.54, 1.807) is 24.3 Å². The van der Waals surface area contributed by atoms with Gasteiger partial charge in [-0.3, -0.25) is 0 Å². The van der Waals surface area contributed by atoms with E-state index in [1.807, 2.05) is 36.4 Å². The summed E-state index contributed by atoms with van der Waals surface area (Å²) in [7, 11) is 0. The van der Waals surface area contributed by atoms with Gasteiger partial charge >= 0.3 is 0 Å². The van der Waals surface area contributed by atoms with Crippen molar-refractivity contribution in [1.29, 1.82) is 0 Å². The predicted octanol–water partition coefficient (Wildman–Crippen LogP) is 6.46. The summed E-state index contributed by atoms with van der Waals surface area (Å²) in [4.78, 5) is 0. The molecule has 0 radical (unpaired) electrons. The number of aryl methyl sites for hydroxylation is 2. The largest absolute Gasteiger partial charge is 0.388 e. The van der Waals surface area contributed by atoms with Crippen molar-refractivity contribution in [1.82, 2.24) is 0 Å². The van der Waals surface area contributed by atoms with E-state index in [4.69, 9.17) is 18.9 Å². The summed E-state index contributed by atoms with van der Waals surface area (Å²) < 4.78 is 50.8. The zero-order valence-corrected chi connectivity index (χ0v) is 26.1. The molecule has 4 rings (SSSR count). The molecule has 0 fully saturated rings. The van der Waals surface area contributed by atoms with Gasteiger partial charge < -0.3 is 29.2 Å². The van der Waals surface area contributed by atoms with E-state index in [0.29, 0.717) is 24.3 Å². The van der Waals surface area contributed by atoms with Crippen LogP contribution in [0.5, 0.6) is 0 Å². The van der Waals surface area contributed by atoms with Gasteiger partial charge in [0.2, 0.25) is 0 Å². The zero-order valence-electron chi connectivity index (χ0n) is 26.1. The molecule has 0 unspecified atom stereocenters. The summed E-state index contributed by atoms with van der Waals surface area (Å²) in [5, 5.41) is 22.8. The molecule has 0 heterocycles. The van der Waals surface area contributed by atoms with Crippen molar-refractivity contribution in [2.75, 3.05) is 26.4 Å². The number of halogens is 2. The molecule has 0 aliphatic carbocycles. The molecule has 46 heavy (non-hydrogen) atoms. The summed E-state index contributed by atoms with van der Waals surface area (Å²) in [5.74, 6) is -0.718. The van der Waals surface area contributed by atoms with Gasteiger partial charge in [0, 0.05) is 13.2 Å². The quantitative estimate of drug-likeness (QED) is 0.103. The Kier molecular flexibility index (Phi) is 15.3. The summed E-state index contributed by atoms with van der Waals surface area (Å²) in [6.07, 6.45) is -1.37. The molecule has 4 atom stereocenters. The number of aliphatic hydroxyl groups excluding tert-OH is 2. The maximum Gasteiger partial charge on any atom is 0.123 e. The van der Waals surface area contributed by atoms with Crippen molar-refractivity contribution in [2.24, 2.45) is 0 Å². The fourth-order valence-corrected chi connectivity index (χ4v) is 4.94. The second-order valence-electron chi connectivity index (χ2n) is 11.3. The first-order chi connectivity index (χ1) is 22.5. The van der Waals surface area contributed by atoms with Crippen molar-refractivity contribution in [2.45, 2.75) is 63.3 Å². The Morgan fingerprint density at radius 3 is 1.22 bits per heavy atom. The molecular weight excluding hydrogens is 590 g/mol. The van der Waals surface area contributed by atoms with E-state index in [1.165, 1.54) is 35.4 Å². The van der Waals surface area contributed by atoms with Crippen molar-refractivity contribution in [3.63, 3.8) is 0 Å². The number of ether oxygens (including phenoxy) is 4. The van der Waals surface area contributed by atoms with Crippen LogP contribution in [0.15, 0.2) is 109 Å². The lowest BCUT2D eigenvalue weighted by Crippen LogP contribution is -2.49. The highest BCUT2D eigenvalue weighted by Crippen LogP contribution is 2.17. The Morgan fingerprint density at radius 2 is 0.848 bits per heavy atom. The van der Waals surface area contributed by atoms with Crippen LogP contribution < -0.4 is 0 Å². The number of hydrogen-bond acceptors (Lipinski definition) is 6. The lowest BCUT2D eigenvalue weighted by atomic mass is 10.0. The summed E-state index contributed by atoms with van der Waals surface area (Å²) in [6, 6.07) is 32.0. The first-order valence-electron chi connectivity index (χ1n) is 15.8. The lowest BCUT2D eigenvalue weighted by molar-refractivity contribution is -0.168. The van der Waals surface area contributed by atoms with Gasteiger partial charge in [0.25, 0.3) is 0 Å². The highest BCUT2D eigenvalue weighted by Gasteiger charge is 2.34. The van der Waals surface area contributed by atoms with Gasteiger partial charge in [-0.2, -0.15) is 0 Å². The average molecular weight is 635 g/mol. The fourth-order valence-electron chi connectivity index (χ4n) is 4.94. The average Bonchev–Trinajstić information content (AvgIpc) is 3.09. The summed E-state index contributed by atoms with van der Waals surface area (Å²) in [5.41, 5.74) is 3.83. The van der Waals surface area contributed by atoms with Gasteiger partial charge in [-0.25, -0.2) is 8.78 Å². The minimum atomic E-state index is -1.39. The molecule has 0 saturated heterocycles. The van der Waals surface area contributed by atoms with Crippen molar-refractivity contribution >= 4 is 0 Å². The number of rotatable bonds is 21. The molecule has 0 amide bonds. The third-order valence-electron chi connectivity index (χ3n) is 7.62. The SMILES string of the molecule is O[C@@H]([C@H](O)[C@@H](COCCCc1ccccc1)OCc1ccc(F)cc1)[C@@H](COCCCc1ccccc1)OCc1ccc(F)cc1. The van der Waals surface area contributed by atoms with Crippen LogP contribution in [0, 0.1) is 11.6 Å². The summed E-state index contributed by atoms with van der Waals surface area (Å²) >= 11 is 0. The normalized spacial score (nSPS) is 14.1. The van der Waals surface area contributed by atoms with E-state index in [9.17, 15) is 19.0 Å². The molecule has 0 spiro atoms. The van der Waals surface area contributed by atoms with Gasteiger partial charge in [-0.15, -0.1) is 0 Å². The highest BCUT2D eigenvalue weighted by atomic mass is 19.1. The molecule has 4 aromatic rings. The minimum Gasteiger partial charge on any atom is -0.388 e. The number of aliphatic hydroxyl groups is 2. The van der Waals surface area contributed by atoms with Gasteiger partial charge in [-0.05, 0) is 72.2 Å². The number of hydrogen-bond donors (Lipinski definition) is 2. The first-order valence-corrected chi connectivity index (χ1v) is 15.8. The standard InChI is InChI=1S/C38H44F2O6/c39-33-19-15-31(16-20-33)25-45-35(27-43-23-7-13-29-9-3-1-4-10-29)37(41)38(42)36(46-26-32-17-21-34(40)22-18-32)28-44-24-8-14-30-11-5-2-6-12-30/h1-6,9-12,15-22,35-38,41-42H,7-8,13-14,23-28H2/t35-,36-,37-,38-/m1/s1. The molecule has 0 bridgehead atoms. The van der Waals surface area contributed by atoms with E-state index in [0.717, 1.165) is 25.7 Å². The molecule has 2 N–H and O–H groups in total. The molecule has 6 nitrogen and oxygen atoms in total. The van der Waals surface area contributed by atoms with Gasteiger partial charge in [0.15, 0.2) is 0 Å². The van der Waals surface area contributed by atoms with Crippen LogP contribution in [0.2, 0.25) is 0 Å². The van der Waals surface area contributed by atoms with Crippen LogP contribution in [0.1, 0.15) is 35.1 Å². The molecule has 0 aliphatic heterocycles. The Labute approximate surface area is 270 Å². The van der Waals surface area contributed by atoms with Crippen LogP contribution in [-0.4, -0.2) is 61.1 Å². The fraction of sp³-hybridized carbons (Fsp3) is 0.368. The number of benzene rings is 4. The second kappa shape index (κ2) is 19.9. The monoisotopic (exact) mass is 634 g/mol. The van der Waals surface area contributed by atoms with E-state index in [2.05, 4.69) is 24.3 Å². The van der Waals surface area contributed by atoms with Gasteiger partial charge in [0.1, 0.15) is 36.1 Å². The van der Waals surface area contributed by atoms with Crippen LogP contribution >= 0.6 is 0 Å². The van der Waals surface area contributed by atoms with Gasteiger partial charge in [0.05, 0.1) is 26.4 Å². The minimum absolute atomic E-state index is 0.0246. The molecule has 0 aromatic heterocycles. The Morgan fingerprint density at radius 1 is 0.478 bits per heavy atom. The van der Waals surface area contributed by atoms with E-state index >= 15 is 0 Å². The predicted molar refractivity (Wildman–Crippen MR) is 173 cm³/mol. The van der Waals surface area contributed by atoms with Gasteiger partial charge in [-0.1, -0.05) is 84.9 Å². The molecule has 8 heteroatoms. The van der Waals surface area contributed by atoms with E-state index < -0.39 is 24.4 Å². The first kappa shape index (κ1) is 35.4. The Bertz CT molecular complexity index is 1250. The highest BCUT2D eigenvalue weighted by molar-refractivity contribution is 5.17. The Hall–Kier alpha value is -3.50. The maximum atomic E-state index is 13.4.